The van der Waals surface area contributed by atoms with Crippen molar-refractivity contribution in [1.29, 1.82) is 0 Å². The number of rotatable bonds is 2. The maximum absolute atomic E-state index is 9.34. The summed E-state index contributed by atoms with van der Waals surface area (Å²) in [4.78, 5) is 18.7. The Morgan fingerprint density at radius 3 is 1.00 bits per heavy atom. The summed E-state index contributed by atoms with van der Waals surface area (Å²) in [6.45, 7) is 2.27. The summed E-state index contributed by atoms with van der Waals surface area (Å²) in [6, 6.07) is 0. The summed E-state index contributed by atoms with van der Waals surface area (Å²) in [5.74, 6) is -2.87. The number of carboxylic acids is 2. The zero-order chi connectivity index (χ0) is 10.3. The van der Waals surface area contributed by atoms with E-state index in [0.717, 1.165) is 13.8 Å². The summed E-state index contributed by atoms with van der Waals surface area (Å²) in [6.07, 6.45) is -2.69. The first kappa shape index (κ1) is 36.1. The molecule has 0 aliphatic carbocycles. The predicted molar refractivity (Wildman–Crippen MR) is 47.3 cm³/mol. The van der Waals surface area contributed by atoms with E-state index in [9.17, 15) is 19.8 Å². The summed E-state index contributed by atoms with van der Waals surface area (Å²) >= 11 is 0. The number of aliphatic hydroxyl groups is 2. The van der Waals surface area contributed by atoms with Crippen molar-refractivity contribution in [2.75, 3.05) is 0 Å². The number of hydrogen-bond acceptors (Lipinski definition) is 7. The Morgan fingerprint density at radius 1 is 0.938 bits per heavy atom. The molecule has 0 aliphatic rings. The van der Waals surface area contributed by atoms with Gasteiger partial charge in [-0.05, 0) is 13.8 Å². The molecule has 0 aliphatic heterocycles. The van der Waals surface area contributed by atoms with Gasteiger partial charge in [0.1, 0.15) is 0 Å². The molecule has 9 nitrogen and oxygen atoms in total. The number of aliphatic hydroxyl groups excluding tert-OH is 2. The fraction of sp³-hybridized carbons (Fsp3) is 0.667. The molecule has 99 valence electrons. The Bertz CT molecular complexity index is 147. The van der Waals surface area contributed by atoms with Crippen LogP contribution >= 0.6 is 0 Å². The molecule has 0 bridgehead atoms. The first-order valence-corrected chi connectivity index (χ1v) is 3.06. The van der Waals surface area contributed by atoms with Crippen LogP contribution in [0.3, 0.4) is 0 Å². The van der Waals surface area contributed by atoms with Crippen molar-refractivity contribution >= 4 is 11.9 Å². The molecule has 0 saturated carbocycles. The van der Waals surface area contributed by atoms with Crippen molar-refractivity contribution in [3.05, 3.63) is 0 Å². The fourth-order valence-corrected chi connectivity index (χ4v) is 0. The zero-order valence-electron chi connectivity index (χ0n) is 9.63. The van der Waals surface area contributed by atoms with E-state index >= 15 is 0 Å². The van der Waals surface area contributed by atoms with Crippen LogP contribution in [-0.2, 0) is 31.3 Å². The average Bonchev–Trinajstić information content (AvgIpc) is 1.88. The molecule has 0 aromatic carbocycles. The van der Waals surface area contributed by atoms with Crippen LogP contribution in [0, 0.1) is 0 Å². The van der Waals surface area contributed by atoms with Gasteiger partial charge in [-0.25, -0.2) is 0 Å². The Balaban J connectivity index is -0.0000000250. The van der Waals surface area contributed by atoms with Crippen molar-refractivity contribution < 1.29 is 57.2 Å². The van der Waals surface area contributed by atoms with Gasteiger partial charge in [0, 0.05) is 0 Å². The van der Waals surface area contributed by atoms with Crippen molar-refractivity contribution in [1.82, 2.24) is 12.3 Å². The van der Waals surface area contributed by atoms with Crippen LogP contribution in [0.2, 0.25) is 0 Å². The molecule has 2 atom stereocenters. The van der Waals surface area contributed by atoms with E-state index in [1.165, 1.54) is 0 Å². The first-order valence-electron chi connectivity index (χ1n) is 3.06. The molecule has 0 fully saturated rings. The smallest absolute Gasteiger partial charge is 0.870 e. The summed E-state index contributed by atoms with van der Waals surface area (Å²) < 4.78 is 0. The van der Waals surface area contributed by atoms with E-state index in [1.54, 1.807) is 0 Å². The predicted octanol–water partition coefficient (Wildman–Crippen LogP) is -3.19. The number of carbonyl (C=O) groups excluding carboxylic acids is 2. The fourth-order valence-electron chi connectivity index (χ4n) is 0. The number of hydrogen-bond donors (Lipinski definition) is 4. The first-order chi connectivity index (χ1) is 5.29. The molecule has 0 amide bonds. The molecule has 10 heteroatoms. The maximum Gasteiger partial charge on any atom is 1.00 e. The molecule has 11 N–H and O–H groups in total. The SMILES string of the molecule is CC(O)C(=O)[O-].CC(O)C(=O)[O-].[NH4+].[NH4+].[OH-].[Ti+]. The molecular weight excluding hydrogens is 260 g/mol. The van der Waals surface area contributed by atoms with Crippen LogP contribution in [0.1, 0.15) is 13.8 Å². The minimum atomic E-state index is -1.44. The number of aliphatic carboxylic acids is 2. The Hall–Kier alpha value is -0.546. The number of carboxylic acid groups (broad SMARTS) is 2. The van der Waals surface area contributed by atoms with E-state index in [-0.39, 0.29) is 39.5 Å². The Morgan fingerprint density at radius 2 is 1.00 bits per heavy atom. The molecule has 0 spiro atoms. The van der Waals surface area contributed by atoms with Crippen LogP contribution in [0.5, 0.6) is 0 Å². The van der Waals surface area contributed by atoms with Gasteiger partial charge in [0.05, 0.1) is 24.1 Å². The number of quaternary nitrogens is 2. The summed E-state index contributed by atoms with van der Waals surface area (Å²) in [7, 11) is 0. The maximum atomic E-state index is 9.34. The van der Waals surface area contributed by atoms with E-state index < -0.39 is 24.1 Å². The standard InChI is InChI=1S/2C3H6O3.2H3N.H2O.Ti/c2*1-2(4)3(5)6;;;;/h2*2,4H,1H3,(H,5,6);2*1H3;1H2;/q;;;;;+1/p-1. The minimum Gasteiger partial charge on any atom is -0.870 e. The second-order valence-electron chi connectivity index (χ2n) is 1.99. The van der Waals surface area contributed by atoms with Crippen LogP contribution < -0.4 is 22.5 Å². The van der Waals surface area contributed by atoms with Crippen molar-refractivity contribution in [3.8, 4) is 0 Å². The van der Waals surface area contributed by atoms with Gasteiger partial charge in [-0.15, -0.1) is 0 Å². The van der Waals surface area contributed by atoms with Gasteiger partial charge in [0.15, 0.2) is 0 Å². The largest absolute Gasteiger partial charge is 1.00 e. The van der Waals surface area contributed by atoms with Crippen LogP contribution in [0.4, 0.5) is 0 Å². The van der Waals surface area contributed by atoms with E-state index in [1.807, 2.05) is 0 Å². The van der Waals surface area contributed by atoms with Gasteiger partial charge < -0.3 is 47.8 Å². The third-order valence-corrected chi connectivity index (χ3v) is 0.682. The van der Waals surface area contributed by atoms with E-state index in [4.69, 9.17) is 10.2 Å². The molecule has 0 heterocycles. The van der Waals surface area contributed by atoms with Crippen LogP contribution in [-0.4, -0.2) is 39.8 Å². The number of carbonyl (C=O) groups is 2. The normalized spacial score (nSPS) is 10.2. The average molecular weight is 279 g/mol. The Kier molecular flexibility index (Phi) is 45.0. The Labute approximate surface area is 108 Å². The van der Waals surface area contributed by atoms with Gasteiger partial charge in [-0.1, -0.05) is 0 Å². The van der Waals surface area contributed by atoms with E-state index in [2.05, 4.69) is 0 Å². The van der Waals surface area contributed by atoms with Gasteiger partial charge in [0.25, 0.3) is 0 Å². The molecular formula is C6H19N2O7Ti. The zero-order valence-corrected chi connectivity index (χ0v) is 11.2. The quantitative estimate of drug-likeness (QED) is 0.378. The van der Waals surface area contributed by atoms with Crippen LogP contribution in [0.15, 0.2) is 0 Å². The van der Waals surface area contributed by atoms with Crippen molar-refractivity contribution in [3.63, 3.8) is 0 Å². The molecule has 1 radical (unpaired) electrons. The van der Waals surface area contributed by atoms with Gasteiger partial charge in [0.2, 0.25) is 0 Å². The second-order valence-corrected chi connectivity index (χ2v) is 1.99. The van der Waals surface area contributed by atoms with Crippen molar-refractivity contribution in [2.24, 2.45) is 0 Å². The minimum absolute atomic E-state index is 0. The third-order valence-electron chi connectivity index (χ3n) is 0.682. The third kappa shape index (κ3) is 37.6. The van der Waals surface area contributed by atoms with Crippen molar-refractivity contribution in [2.45, 2.75) is 26.1 Å². The van der Waals surface area contributed by atoms with Gasteiger partial charge in [-0.3, -0.25) is 0 Å². The molecule has 0 aromatic heterocycles. The molecule has 0 aromatic rings. The summed E-state index contributed by atoms with van der Waals surface area (Å²) in [5.41, 5.74) is 0. The van der Waals surface area contributed by atoms with Gasteiger partial charge >= 0.3 is 21.7 Å². The molecule has 16 heavy (non-hydrogen) atoms. The molecule has 2 unspecified atom stereocenters. The molecule has 0 saturated heterocycles. The van der Waals surface area contributed by atoms with Gasteiger partial charge in [-0.2, -0.15) is 0 Å². The summed E-state index contributed by atoms with van der Waals surface area (Å²) in [5, 5.41) is 34.6. The topological polar surface area (TPSA) is 224 Å². The van der Waals surface area contributed by atoms with E-state index in [0.29, 0.717) is 0 Å². The van der Waals surface area contributed by atoms with Crippen LogP contribution in [0.25, 0.3) is 0 Å². The monoisotopic (exact) mass is 279 g/mol. The second kappa shape index (κ2) is 19.9. The molecule has 0 rings (SSSR count).